The van der Waals surface area contributed by atoms with Gasteiger partial charge in [-0.15, -0.1) is 0 Å². The molecule has 47 heavy (non-hydrogen) atoms. The van der Waals surface area contributed by atoms with Gasteiger partial charge in [-0.05, 0) is 122 Å². The van der Waals surface area contributed by atoms with Gasteiger partial charge in [0.2, 0.25) is 0 Å². The van der Waals surface area contributed by atoms with Crippen molar-refractivity contribution in [2.24, 2.45) is 0 Å². The lowest BCUT2D eigenvalue weighted by Crippen LogP contribution is -2.61. The van der Waals surface area contributed by atoms with Gasteiger partial charge in [-0.1, -0.05) is 91.8 Å². The molecular formula is C43H44BN3. The summed E-state index contributed by atoms with van der Waals surface area (Å²) in [6.45, 7) is 18.6. The monoisotopic (exact) mass is 616 g/mol. The van der Waals surface area contributed by atoms with Crippen molar-refractivity contribution in [3.8, 4) is 0 Å². The molecule has 2 aliphatic heterocycles. The van der Waals surface area contributed by atoms with E-state index in [0.29, 0.717) is 11.4 Å². The van der Waals surface area contributed by atoms with E-state index in [-0.39, 0.29) is 46.5 Å². The number of rotatable bonds is 2. The molecule has 4 aliphatic rings. The largest absolute Gasteiger partial charge is 0.311 e. The Hall–Kier alpha value is -4.31. The molecule has 3 heterocycles. The van der Waals surface area contributed by atoms with E-state index in [1.807, 2.05) is 30.6 Å². The zero-order valence-electron chi connectivity index (χ0n) is 31.8. The molecule has 0 amide bonds. The molecule has 0 unspecified atom stereocenters. The van der Waals surface area contributed by atoms with Gasteiger partial charge in [-0.3, -0.25) is 4.98 Å². The van der Waals surface area contributed by atoms with Crippen LogP contribution in [0.3, 0.4) is 0 Å². The number of hydrogen-bond donors (Lipinski definition) is 0. The first-order chi connectivity index (χ1) is 23.5. The van der Waals surface area contributed by atoms with Crippen LogP contribution in [0.1, 0.15) is 94.6 Å². The van der Waals surface area contributed by atoms with E-state index in [4.69, 9.17) is 0 Å². The highest BCUT2D eigenvalue weighted by atomic mass is 15.2. The molecule has 234 valence electrons. The fourth-order valence-electron chi connectivity index (χ4n) is 10.2. The lowest BCUT2D eigenvalue weighted by atomic mass is 9.33. The van der Waals surface area contributed by atoms with Crippen LogP contribution in [0.25, 0.3) is 0 Å². The molecule has 0 saturated heterocycles. The van der Waals surface area contributed by atoms with Crippen molar-refractivity contribution < 1.29 is 4.11 Å². The third kappa shape index (κ3) is 3.91. The minimum Gasteiger partial charge on any atom is -0.311 e. The Morgan fingerprint density at radius 2 is 1.19 bits per heavy atom. The van der Waals surface area contributed by atoms with Crippen molar-refractivity contribution in [1.82, 2.24) is 4.98 Å². The topological polar surface area (TPSA) is 19.4 Å². The van der Waals surface area contributed by atoms with Crippen molar-refractivity contribution in [3.63, 3.8) is 0 Å². The minimum atomic E-state index is -0.229. The van der Waals surface area contributed by atoms with Crippen LogP contribution >= 0.6 is 0 Å². The number of benzene rings is 4. The second-order valence-electron chi connectivity index (χ2n) is 16.9. The lowest BCUT2D eigenvalue weighted by molar-refractivity contribution is 0.403. The highest BCUT2D eigenvalue weighted by Crippen LogP contribution is 2.54. The van der Waals surface area contributed by atoms with Gasteiger partial charge in [0.1, 0.15) is 0 Å². The summed E-state index contributed by atoms with van der Waals surface area (Å²) in [5, 5.41) is 0. The number of para-hydroxylation sites is 1. The number of anilines is 6. The molecule has 4 heteroatoms. The molecule has 0 saturated carbocycles. The highest BCUT2D eigenvalue weighted by Gasteiger charge is 2.48. The first-order valence-electron chi connectivity index (χ1n) is 18.6. The van der Waals surface area contributed by atoms with Crippen molar-refractivity contribution >= 4 is 57.2 Å². The number of fused-ring (bicyclic) bond motifs is 6. The van der Waals surface area contributed by atoms with Crippen LogP contribution in [-0.4, -0.2) is 11.7 Å². The minimum absolute atomic E-state index is 0.00909. The van der Waals surface area contributed by atoms with Gasteiger partial charge in [0.05, 0.1) is 16.0 Å². The summed E-state index contributed by atoms with van der Waals surface area (Å²) in [6, 6.07) is 24.1. The maximum atomic E-state index is 9.68. The first-order valence-corrected chi connectivity index (χ1v) is 17.1. The van der Waals surface area contributed by atoms with Crippen molar-refractivity contribution in [2.45, 2.75) is 89.9 Å². The number of nitrogens with zero attached hydrogens (tertiary/aromatic N) is 3. The van der Waals surface area contributed by atoms with E-state index < -0.39 is 0 Å². The smallest absolute Gasteiger partial charge is 0.252 e. The van der Waals surface area contributed by atoms with Gasteiger partial charge in [0, 0.05) is 34.6 Å². The normalized spacial score (nSPS) is 20.8. The summed E-state index contributed by atoms with van der Waals surface area (Å²) in [7, 11) is 0. The summed E-state index contributed by atoms with van der Waals surface area (Å²) in [5.41, 5.74) is 13.9. The van der Waals surface area contributed by atoms with Crippen LogP contribution in [0.15, 0.2) is 97.3 Å². The molecule has 1 aromatic heterocycles. The number of aromatic nitrogens is 1. The molecule has 0 N–H and O–H groups in total. The first kappa shape index (κ1) is 25.7. The molecule has 0 spiro atoms. The standard InChI is InChI=1S/C43H44BN3/c1-40(2)25-41(3,4)30-21-28(17-18-29(30)40)47-36-16-12-15-35-39(36)44(33-19-20-45-24-38(33)46(35)27-13-10-9-11-14-27)34-22-31-32(23-37(34)47)43(7,8)26-42(31,5)6/h9-24H,25-26H2,1-8H3/i12D,15D,16D. The van der Waals surface area contributed by atoms with E-state index >= 15 is 0 Å². The Bertz CT molecular complexity index is 2290. The predicted molar refractivity (Wildman–Crippen MR) is 200 cm³/mol. The van der Waals surface area contributed by atoms with Gasteiger partial charge in [0.25, 0.3) is 6.71 Å². The van der Waals surface area contributed by atoms with Crippen LogP contribution < -0.4 is 26.2 Å². The molecule has 3 nitrogen and oxygen atoms in total. The van der Waals surface area contributed by atoms with Crippen LogP contribution in [0.4, 0.5) is 34.1 Å². The Kier molecular flexibility index (Phi) is 5.03. The van der Waals surface area contributed by atoms with E-state index in [2.05, 4.69) is 119 Å². The molecule has 0 radical (unpaired) electrons. The Morgan fingerprint density at radius 1 is 0.596 bits per heavy atom. The molecule has 2 aliphatic carbocycles. The van der Waals surface area contributed by atoms with E-state index in [1.54, 1.807) is 0 Å². The maximum Gasteiger partial charge on any atom is 0.252 e. The summed E-state index contributed by atoms with van der Waals surface area (Å²) >= 11 is 0. The fourth-order valence-corrected chi connectivity index (χ4v) is 10.2. The molecule has 0 fully saturated rings. The Balaban J connectivity index is 1.44. The van der Waals surface area contributed by atoms with Gasteiger partial charge in [-0.25, -0.2) is 0 Å². The SMILES string of the molecule is [2H]c1c([2H])c2c3c(c1[2H])N(c1ccc4c(c1)C(C)(C)CC4(C)C)c1cc4c(cc1B3c1ccncc1N2c1ccccc1)C(C)(C)CC4(C)C. The number of hydrogen-bond acceptors (Lipinski definition) is 3. The van der Waals surface area contributed by atoms with Gasteiger partial charge >= 0.3 is 0 Å². The van der Waals surface area contributed by atoms with Gasteiger partial charge in [-0.2, -0.15) is 0 Å². The molecule has 5 aromatic rings. The second kappa shape index (κ2) is 9.19. The molecule has 4 aromatic carbocycles. The molecule has 9 rings (SSSR count). The third-order valence-corrected chi connectivity index (χ3v) is 11.7. The average Bonchev–Trinajstić information content (AvgIpc) is 3.38. The zero-order valence-corrected chi connectivity index (χ0v) is 28.8. The van der Waals surface area contributed by atoms with E-state index in [1.165, 1.54) is 27.7 Å². The van der Waals surface area contributed by atoms with Crippen LogP contribution in [0.2, 0.25) is 0 Å². The van der Waals surface area contributed by atoms with Crippen LogP contribution in [0, 0.1) is 0 Å². The highest BCUT2D eigenvalue weighted by molar-refractivity contribution is 7.00. The zero-order chi connectivity index (χ0) is 35.3. The van der Waals surface area contributed by atoms with Crippen molar-refractivity contribution in [1.29, 1.82) is 0 Å². The van der Waals surface area contributed by atoms with Crippen LogP contribution in [-0.2, 0) is 21.7 Å². The number of pyridine rings is 1. The fraction of sp³-hybridized carbons (Fsp3) is 0.326. The summed E-state index contributed by atoms with van der Waals surface area (Å²) in [5.74, 6) is 0. The van der Waals surface area contributed by atoms with Crippen molar-refractivity contribution in [3.05, 3.63) is 120 Å². The van der Waals surface area contributed by atoms with Crippen molar-refractivity contribution in [2.75, 3.05) is 9.80 Å². The van der Waals surface area contributed by atoms with E-state index in [0.717, 1.165) is 46.5 Å². The molecule has 0 atom stereocenters. The Morgan fingerprint density at radius 3 is 1.87 bits per heavy atom. The molecule has 0 bridgehead atoms. The summed E-state index contributed by atoms with van der Waals surface area (Å²) < 4.78 is 28.5. The quantitative estimate of drug-likeness (QED) is 0.181. The van der Waals surface area contributed by atoms with Crippen LogP contribution in [0.5, 0.6) is 0 Å². The lowest BCUT2D eigenvalue weighted by Gasteiger charge is -2.44. The van der Waals surface area contributed by atoms with E-state index in [9.17, 15) is 4.11 Å². The average molecular weight is 617 g/mol. The molecular weight excluding hydrogens is 569 g/mol. The summed E-state index contributed by atoms with van der Waals surface area (Å²) in [4.78, 5) is 8.99. The predicted octanol–water partition coefficient (Wildman–Crippen LogP) is 9.08. The maximum absolute atomic E-state index is 9.68. The third-order valence-electron chi connectivity index (χ3n) is 11.7. The van der Waals surface area contributed by atoms with Gasteiger partial charge < -0.3 is 9.80 Å². The summed E-state index contributed by atoms with van der Waals surface area (Å²) in [6.07, 6.45) is 5.88. The Labute approximate surface area is 285 Å². The second-order valence-corrected chi connectivity index (χ2v) is 16.9. The van der Waals surface area contributed by atoms with Gasteiger partial charge in [0.15, 0.2) is 0 Å².